The van der Waals surface area contributed by atoms with Gasteiger partial charge in [-0.15, -0.1) is 12.4 Å². The molecule has 0 amide bonds. The van der Waals surface area contributed by atoms with Crippen molar-refractivity contribution < 1.29 is 0 Å². The summed E-state index contributed by atoms with van der Waals surface area (Å²) in [5.41, 5.74) is 4.75. The SMILES string of the molecule is CC(C)(C)C1CN(Cc2ccccc2)Cc2ccccc21.Cl. The second-order valence-corrected chi connectivity index (χ2v) is 7.27. The third-order valence-electron chi connectivity index (χ3n) is 4.56. The molecule has 0 saturated carbocycles. The Morgan fingerprint density at radius 1 is 0.955 bits per heavy atom. The fourth-order valence-corrected chi connectivity index (χ4v) is 3.38. The predicted molar refractivity (Wildman–Crippen MR) is 96.4 cm³/mol. The third kappa shape index (κ3) is 3.71. The van der Waals surface area contributed by atoms with E-state index >= 15 is 0 Å². The lowest BCUT2D eigenvalue weighted by Gasteiger charge is -2.41. The van der Waals surface area contributed by atoms with E-state index in [0.29, 0.717) is 11.3 Å². The molecule has 1 nitrogen and oxygen atoms in total. The van der Waals surface area contributed by atoms with Crippen LogP contribution in [0, 0.1) is 5.41 Å². The number of hydrogen-bond donors (Lipinski definition) is 0. The summed E-state index contributed by atoms with van der Waals surface area (Å²) in [6.45, 7) is 10.3. The van der Waals surface area contributed by atoms with E-state index in [1.807, 2.05) is 0 Å². The van der Waals surface area contributed by atoms with Gasteiger partial charge in [0.1, 0.15) is 0 Å². The van der Waals surface area contributed by atoms with E-state index in [1.165, 1.54) is 11.1 Å². The molecule has 1 unspecified atom stereocenters. The quantitative estimate of drug-likeness (QED) is 0.731. The Hall–Kier alpha value is -1.31. The molecule has 0 saturated heterocycles. The van der Waals surface area contributed by atoms with Gasteiger partial charge in [0.05, 0.1) is 0 Å². The largest absolute Gasteiger partial charge is 0.294 e. The van der Waals surface area contributed by atoms with Crippen LogP contribution in [0.15, 0.2) is 54.6 Å². The smallest absolute Gasteiger partial charge is 0.0240 e. The van der Waals surface area contributed by atoms with Crippen LogP contribution in [0.25, 0.3) is 0 Å². The van der Waals surface area contributed by atoms with Crippen molar-refractivity contribution in [3.8, 4) is 0 Å². The Bertz CT molecular complexity index is 601. The Labute approximate surface area is 140 Å². The molecule has 0 aromatic heterocycles. The van der Waals surface area contributed by atoms with Gasteiger partial charge in [0.15, 0.2) is 0 Å². The standard InChI is InChI=1S/C20H25N.ClH/c1-20(2,3)19-15-21(13-16-9-5-4-6-10-16)14-17-11-7-8-12-18(17)19;/h4-12,19H,13-15H2,1-3H3;1H. The first kappa shape index (κ1) is 17.1. The van der Waals surface area contributed by atoms with Crippen LogP contribution in [-0.4, -0.2) is 11.4 Å². The summed E-state index contributed by atoms with van der Waals surface area (Å²) in [5.74, 6) is 0.603. The van der Waals surface area contributed by atoms with E-state index in [2.05, 4.69) is 80.3 Å². The van der Waals surface area contributed by atoms with Gasteiger partial charge in [-0.1, -0.05) is 75.4 Å². The summed E-state index contributed by atoms with van der Waals surface area (Å²) in [4.78, 5) is 2.59. The second-order valence-electron chi connectivity index (χ2n) is 7.27. The van der Waals surface area contributed by atoms with Crippen LogP contribution in [-0.2, 0) is 13.1 Å². The van der Waals surface area contributed by atoms with Gasteiger partial charge in [-0.3, -0.25) is 4.90 Å². The van der Waals surface area contributed by atoms with Crippen LogP contribution in [0.4, 0.5) is 0 Å². The fourth-order valence-electron chi connectivity index (χ4n) is 3.38. The lowest BCUT2D eigenvalue weighted by molar-refractivity contribution is 0.165. The molecule has 3 rings (SSSR count). The molecule has 0 bridgehead atoms. The van der Waals surface area contributed by atoms with E-state index in [9.17, 15) is 0 Å². The minimum atomic E-state index is 0. The summed E-state index contributed by atoms with van der Waals surface area (Å²) in [5, 5.41) is 0. The number of halogens is 1. The number of nitrogens with zero attached hydrogens (tertiary/aromatic N) is 1. The zero-order chi connectivity index (χ0) is 14.9. The number of fused-ring (bicyclic) bond motifs is 1. The van der Waals surface area contributed by atoms with Crippen LogP contribution in [0.1, 0.15) is 43.4 Å². The molecule has 2 aromatic rings. The second kappa shape index (κ2) is 6.85. The highest BCUT2D eigenvalue weighted by Crippen LogP contribution is 2.40. The normalized spacial score (nSPS) is 18.4. The Balaban J connectivity index is 0.00000176. The van der Waals surface area contributed by atoms with Gasteiger partial charge in [-0.2, -0.15) is 0 Å². The van der Waals surface area contributed by atoms with Crippen molar-refractivity contribution in [1.82, 2.24) is 4.90 Å². The van der Waals surface area contributed by atoms with Gasteiger partial charge in [0.2, 0.25) is 0 Å². The van der Waals surface area contributed by atoms with Gasteiger partial charge in [-0.05, 0) is 22.1 Å². The molecule has 2 heteroatoms. The first-order chi connectivity index (χ1) is 10.0. The van der Waals surface area contributed by atoms with E-state index in [1.54, 1.807) is 5.56 Å². The van der Waals surface area contributed by atoms with Crippen molar-refractivity contribution >= 4 is 12.4 Å². The number of rotatable bonds is 2. The van der Waals surface area contributed by atoms with Crippen molar-refractivity contribution in [2.45, 2.75) is 39.8 Å². The highest BCUT2D eigenvalue weighted by Gasteiger charge is 2.33. The first-order valence-electron chi connectivity index (χ1n) is 7.88. The molecule has 1 aliphatic heterocycles. The molecule has 0 fully saturated rings. The first-order valence-corrected chi connectivity index (χ1v) is 7.88. The molecule has 0 spiro atoms. The molecule has 0 radical (unpaired) electrons. The van der Waals surface area contributed by atoms with Crippen LogP contribution in [0.5, 0.6) is 0 Å². The average Bonchev–Trinajstić information content (AvgIpc) is 2.46. The topological polar surface area (TPSA) is 3.24 Å². The van der Waals surface area contributed by atoms with Crippen molar-refractivity contribution in [1.29, 1.82) is 0 Å². The molecule has 2 aromatic carbocycles. The number of hydrogen-bond acceptors (Lipinski definition) is 1. The maximum atomic E-state index is 2.59. The highest BCUT2D eigenvalue weighted by atomic mass is 35.5. The highest BCUT2D eigenvalue weighted by molar-refractivity contribution is 5.85. The Morgan fingerprint density at radius 3 is 2.27 bits per heavy atom. The molecular weight excluding hydrogens is 290 g/mol. The van der Waals surface area contributed by atoms with Gasteiger partial charge < -0.3 is 0 Å². The lowest BCUT2D eigenvalue weighted by Crippen LogP contribution is -2.38. The predicted octanol–water partition coefficient (Wildman–Crippen LogP) is 5.25. The molecule has 1 aliphatic rings. The summed E-state index contributed by atoms with van der Waals surface area (Å²) >= 11 is 0. The van der Waals surface area contributed by atoms with Crippen molar-refractivity contribution in [2.75, 3.05) is 6.54 Å². The van der Waals surface area contributed by atoms with E-state index < -0.39 is 0 Å². The minimum absolute atomic E-state index is 0. The molecule has 0 aliphatic carbocycles. The monoisotopic (exact) mass is 315 g/mol. The molecule has 22 heavy (non-hydrogen) atoms. The van der Waals surface area contributed by atoms with Crippen LogP contribution >= 0.6 is 12.4 Å². The maximum absolute atomic E-state index is 2.59. The molecule has 1 atom stereocenters. The zero-order valence-electron chi connectivity index (χ0n) is 13.8. The molecular formula is C20H26ClN. The van der Waals surface area contributed by atoms with Crippen molar-refractivity contribution in [3.05, 3.63) is 71.3 Å². The fraction of sp³-hybridized carbons (Fsp3) is 0.400. The van der Waals surface area contributed by atoms with Crippen LogP contribution < -0.4 is 0 Å². The van der Waals surface area contributed by atoms with Crippen molar-refractivity contribution in [2.24, 2.45) is 5.41 Å². The summed E-state index contributed by atoms with van der Waals surface area (Å²) in [6.07, 6.45) is 0. The summed E-state index contributed by atoms with van der Waals surface area (Å²) in [6, 6.07) is 19.8. The molecule has 1 heterocycles. The molecule has 118 valence electrons. The Kier molecular flexibility index (Phi) is 5.31. The third-order valence-corrected chi connectivity index (χ3v) is 4.56. The van der Waals surface area contributed by atoms with Crippen molar-refractivity contribution in [3.63, 3.8) is 0 Å². The van der Waals surface area contributed by atoms with Gasteiger partial charge >= 0.3 is 0 Å². The van der Waals surface area contributed by atoms with Gasteiger partial charge in [0, 0.05) is 25.6 Å². The molecule has 0 N–H and O–H groups in total. The summed E-state index contributed by atoms with van der Waals surface area (Å²) in [7, 11) is 0. The Morgan fingerprint density at radius 2 is 1.59 bits per heavy atom. The average molecular weight is 316 g/mol. The van der Waals surface area contributed by atoms with Crippen LogP contribution in [0.2, 0.25) is 0 Å². The zero-order valence-corrected chi connectivity index (χ0v) is 14.6. The van der Waals surface area contributed by atoms with E-state index in [4.69, 9.17) is 0 Å². The van der Waals surface area contributed by atoms with Gasteiger partial charge in [-0.25, -0.2) is 0 Å². The lowest BCUT2D eigenvalue weighted by atomic mass is 9.73. The number of benzene rings is 2. The van der Waals surface area contributed by atoms with E-state index in [-0.39, 0.29) is 12.4 Å². The van der Waals surface area contributed by atoms with Gasteiger partial charge in [0.25, 0.3) is 0 Å². The summed E-state index contributed by atoms with van der Waals surface area (Å²) < 4.78 is 0. The maximum Gasteiger partial charge on any atom is 0.0240 e. The minimum Gasteiger partial charge on any atom is -0.294 e. The van der Waals surface area contributed by atoms with E-state index in [0.717, 1.165) is 19.6 Å². The van der Waals surface area contributed by atoms with Crippen LogP contribution in [0.3, 0.4) is 0 Å².